The minimum atomic E-state index is -0.0661. The van der Waals surface area contributed by atoms with Gasteiger partial charge in [-0.05, 0) is 47.1 Å². The van der Waals surface area contributed by atoms with E-state index in [4.69, 9.17) is 9.47 Å². The predicted octanol–water partition coefficient (Wildman–Crippen LogP) is 2.61. The lowest BCUT2D eigenvalue weighted by molar-refractivity contribution is -0.143. The highest BCUT2D eigenvalue weighted by molar-refractivity contribution is 5.69. The van der Waals surface area contributed by atoms with Gasteiger partial charge in [0.15, 0.2) is 0 Å². The first-order chi connectivity index (χ1) is 8.93. The van der Waals surface area contributed by atoms with Crippen LogP contribution in [0.25, 0.3) is 0 Å². The number of nitrogens with zero attached hydrogens (tertiary/aromatic N) is 1. The van der Waals surface area contributed by atoms with E-state index in [0.29, 0.717) is 19.1 Å². The van der Waals surface area contributed by atoms with Gasteiger partial charge in [-0.3, -0.25) is 9.69 Å². The molecule has 1 atom stereocenters. The first-order valence-electron chi connectivity index (χ1n) is 7.49. The van der Waals surface area contributed by atoms with Crippen molar-refractivity contribution in [3.8, 4) is 0 Å². The normalized spacial score (nSPS) is 23.3. The van der Waals surface area contributed by atoms with Gasteiger partial charge in [0.25, 0.3) is 0 Å². The molecule has 0 aromatic rings. The fraction of sp³-hybridized carbons (Fsp3) is 0.933. The van der Waals surface area contributed by atoms with E-state index in [0.717, 1.165) is 38.9 Å². The van der Waals surface area contributed by atoms with E-state index in [1.165, 1.54) is 0 Å². The third kappa shape index (κ3) is 6.92. The summed E-state index contributed by atoms with van der Waals surface area (Å²) in [6, 6.07) is 0. The summed E-state index contributed by atoms with van der Waals surface area (Å²) in [7, 11) is 0. The van der Waals surface area contributed by atoms with Gasteiger partial charge >= 0.3 is 5.97 Å². The highest BCUT2D eigenvalue weighted by Crippen LogP contribution is 2.21. The van der Waals surface area contributed by atoms with Crippen LogP contribution in [0.1, 0.15) is 53.4 Å². The van der Waals surface area contributed by atoms with E-state index in [1.807, 2.05) is 6.92 Å². The number of morpholine rings is 1. The molecule has 0 spiro atoms. The molecule has 0 saturated carbocycles. The van der Waals surface area contributed by atoms with E-state index >= 15 is 0 Å². The van der Waals surface area contributed by atoms with E-state index in [1.54, 1.807) is 0 Å². The number of unbranched alkanes of at least 4 members (excludes halogenated alkanes) is 2. The molecular formula is C15H29NO3. The second kappa shape index (κ2) is 7.85. The summed E-state index contributed by atoms with van der Waals surface area (Å²) in [6.45, 7) is 11.9. The van der Waals surface area contributed by atoms with E-state index in [9.17, 15) is 4.79 Å². The average Bonchev–Trinajstić information content (AvgIpc) is 2.26. The second-order valence-corrected chi connectivity index (χ2v) is 6.04. The number of ether oxygens (including phenoxy) is 2. The molecule has 0 bridgehead atoms. The minimum Gasteiger partial charge on any atom is -0.466 e. The van der Waals surface area contributed by atoms with Gasteiger partial charge in [-0.25, -0.2) is 0 Å². The van der Waals surface area contributed by atoms with Crippen LogP contribution in [0.3, 0.4) is 0 Å². The lowest BCUT2D eigenvalue weighted by atomic mass is 10.0. The summed E-state index contributed by atoms with van der Waals surface area (Å²) in [4.78, 5) is 13.7. The van der Waals surface area contributed by atoms with E-state index in [2.05, 4.69) is 25.7 Å². The molecule has 1 aliphatic rings. The van der Waals surface area contributed by atoms with E-state index < -0.39 is 0 Å². The molecule has 19 heavy (non-hydrogen) atoms. The summed E-state index contributed by atoms with van der Waals surface area (Å²) >= 11 is 0. The zero-order chi connectivity index (χ0) is 14.3. The molecule has 4 nitrogen and oxygen atoms in total. The molecule has 1 heterocycles. The van der Waals surface area contributed by atoms with Crippen LogP contribution in [0.15, 0.2) is 0 Å². The maximum Gasteiger partial charge on any atom is 0.305 e. The van der Waals surface area contributed by atoms with Crippen LogP contribution < -0.4 is 0 Å². The molecular weight excluding hydrogens is 242 g/mol. The standard InChI is InChI=1S/C15H29NO3/c1-5-18-14(17)9-7-6-8-10-16-11-13(2)19-15(3,4)12-16/h13H,5-12H2,1-4H3. The Labute approximate surface area is 117 Å². The van der Waals surface area contributed by atoms with Crippen molar-refractivity contribution in [1.82, 2.24) is 4.90 Å². The van der Waals surface area contributed by atoms with Gasteiger partial charge < -0.3 is 9.47 Å². The molecule has 1 aliphatic heterocycles. The smallest absolute Gasteiger partial charge is 0.305 e. The minimum absolute atomic E-state index is 0.0391. The molecule has 1 saturated heterocycles. The Morgan fingerprint density at radius 1 is 1.37 bits per heavy atom. The van der Waals surface area contributed by atoms with Gasteiger partial charge in [-0.2, -0.15) is 0 Å². The van der Waals surface area contributed by atoms with Gasteiger partial charge in [0.2, 0.25) is 0 Å². The molecule has 1 unspecified atom stereocenters. The quantitative estimate of drug-likeness (QED) is 0.527. The number of hydrogen-bond acceptors (Lipinski definition) is 4. The molecule has 0 N–H and O–H groups in total. The third-order valence-electron chi connectivity index (χ3n) is 3.30. The Morgan fingerprint density at radius 3 is 2.74 bits per heavy atom. The Morgan fingerprint density at radius 2 is 2.11 bits per heavy atom. The average molecular weight is 271 g/mol. The molecule has 0 aromatic heterocycles. The Balaban J connectivity index is 2.10. The van der Waals surface area contributed by atoms with Crippen LogP contribution in [0.2, 0.25) is 0 Å². The van der Waals surface area contributed by atoms with Gasteiger partial charge in [0.1, 0.15) is 0 Å². The first-order valence-corrected chi connectivity index (χ1v) is 7.49. The SMILES string of the molecule is CCOC(=O)CCCCCN1CC(C)OC(C)(C)C1. The Kier molecular flexibility index (Phi) is 6.80. The highest BCUT2D eigenvalue weighted by Gasteiger charge is 2.30. The number of esters is 1. The zero-order valence-electron chi connectivity index (χ0n) is 12.9. The molecule has 4 heteroatoms. The van der Waals surface area contributed by atoms with Crippen molar-refractivity contribution in [3.63, 3.8) is 0 Å². The highest BCUT2D eigenvalue weighted by atomic mass is 16.5. The van der Waals surface area contributed by atoms with Crippen molar-refractivity contribution in [2.75, 3.05) is 26.2 Å². The maximum absolute atomic E-state index is 11.2. The monoisotopic (exact) mass is 271 g/mol. The van der Waals surface area contributed by atoms with Crippen LogP contribution in [-0.2, 0) is 14.3 Å². The van der Waals surface area contributed by atoms with Crippen molar-refractivity contribution in [3.05, 3.63) is 0 Å². The van der Waals surface area contributed by atoms with Gasteiger partial charge in [-0.1, -0.05) is 6.42 Å². The van der Waals surface area contributed by atoms with Gasteiger partial charge in [0, 0.05) is 19.5 Å². The van der Waals surface area contributed by atoms with Crippen LogP contribution in [0.4, 0.5) is 0 Å². The fourth-order valence-electron chi connectivity index (χ4n) is 2.77. The van der Waals surface area contributed by atoms with Crippen LogP contribution in [0, 0.1) is 0 Å². The van der Waals surface area contributed by atoms with Crippen LogP contribution >= 0.6 is 0 Å². The second-order valence-electron chi connectivity index (χ2n) is 6.04. The molecule has 0 aliphatic carbocycles. The first kappa shape index (κ1) is 16.4. The summed E-state index contributed by atoms with van der Waals surface area (Å²) in [5, 5.41) is 0. The number of carbonyl (C=O) groups is 1. The lowest BCUT2D eigenvalue weighted by Crippen LogP contribution is -2.51. The van der Waals surface area contributed by atoms with Crippen molar-refractivity contribution >= 4 is 5.97 Å². The molecule has 0 radical (unpaired) electrons. The number of hydrogen-bond donors (Lipinski definition) is 0. The summed E-state index contributed by atoms with van der Waals surface area (Å²) in [6.07, 6.45) is 4.03. The summed E-state index contributed by atoms with van der Waals surface area (Å²) < 4.78 is 10.8. The lowest BCUT2D eigenvalue weighted by Gasteiger charge is -2.41. The van der Waals surface area contributed by atoms with Gasteiger partial charge in [0.05, 0.1) is 18.3 Å². The topological polar surface area (TPSA) is 38.8 Å². The van der Waals surface area contributed by atoms with Crippen molar-refractivity contribution < 1.29 is 14.3 Å². The molecule has 1 rings (SSSR count). The fourth-order valence-corrected chi connectivity index (χ4v) is 2.77. The van der Waals surface area contributed by atoms with Crippen molar-refractivity contribution in [2.24, 2.45) is 0 Å². The van der Waals surface area contributed by atoms with Crippen molar-refractivity contribution in [1.29, 1.82) is 0 Å². The van der Waals surface area contributed by atoms with Crippen LogP contribution in [0.5, 0.6) is 0 Å². The zero-order valence-corrected chi connectivity index (χ0v) is 12.9. The Bertz CT molecular complexity index is 279. The predicted molar refractivity (Wildman–Crippen MR) is 76.2 cm³/mol. The summed E-state index contributed by atoms with van der Waals surface area (Å²) in [5.41, 5.74) is -0.0391. The molecule has 0 amide bonds. The summed E-state index contributed by atoms with van der Waals surface area (Å²) in [5.74, 6) is -0.0661. The third-order valence-corrected chi connectivity index (χ3v) is 3.30. The Hall–Kier alpha value is -0.610. The molecule has 0 aromatic carbocycles. The van der Waals surface area contributed by atoms with Gasteiger partial charge in [-0.15, -0.1) is 0 Å². The molecule has 112 valence electrons. The largest absolute Gasteiger partial charge is 0.466 e. The number of rotatable bonds is 7. The van der Waals surface area contributed by atoms with Crippen molar-refractivity contribution in [2.45, 2.75) is 65.1 Å². The maximum atomic E-state index is 11.2. The van der Waals surface area contributed by atoms with E-state index in [-0.39, 0.29) is 11.6 Å². The molecule has 1 fully saturated rings. The number of carbonyl (C=O) groups excluding carboxylic acids is 1. The van der Waals surface area contributed by atoms with Crippen LogP contribution in [-0.4, -0.2) is 48.8 Å².